The Labute approximate surface area is 110 Å². The fourth-order valence-electron chi connectivity index (χ4n) is 1.80. The normalized spacial score (nSPS) is 19.3. The van der Waals surface area contributed by atoms with E-state index >= 15 is 0 Å². The summed E-state index contributed by atoms with van der Waals surface area (Å²) in [5, 5.41) is 9.36. The maximum atomic E-state index is 9.36. The van der Waals surface area contributed by atoms with Gasteiger partial charge in [-0.15, -0.1) is 0 Å². The molecule has 9 heteroatoms. The summed E-state index contributed by atoms with van der Waals surface area (Å²) in [5.41, 5.74) is 2.38. The molecule has 1 aromatic rings. The fraction of sp³-hybridized carbons (Fsp3) is 0.700. The Morgan fingerprint density at radius 3 is 3.05 bits per heavy atom. The van der Waals surface area contributed by atoms with Gasteiger partial charge in [0.1, 0.15) is 0 Å². The van der Waals surface area contributed by atoms with E-state index in [4.69, 9.17) is 15.3 Å². The van der Waals surface area contributed by atoms with Crippen LogP contribution in [0.25, 0.3) is 0 Å². The van der Waals surface area contributed by atoms with E-state index in [0.29, 0.717) is 32.3 Å². The van der Waals surface area contributed by atoms with Gasteiger partial charge < -0.3 is 19.5 Å². The number of aromatic nitrogens is 3. The van der Waals surface area contributed by atoms with E-state index in [1.54, 1.807) is 0 Å². The molecule has 1 fully saturated rings. The van der Waals surface area contributed by atoms with E-state index < -0.39 is 0 Å². The van der Waals surface area contributed by atoms with Crippen LogP contribution in [-0.2, 0) is 4.74 Å². The van der Waals surface area contributed by atoms with Gasteiger partial charge in [-0.3, -0.25) is 5.43 Å². The minimum Gasteiger partial charge on any atom is -0.464 e. The lowest BCUT2D eigenvalue weighted by Crippen LogP contribution is -2.48. The topological polar surface area (TPSA) is 119 Å². The van der Waals surface area contributed by atoms with Crippen molar-refractivity contribution in [1.29, 1.82) is 0 Å². The first-order valence-corrected chi connectivity index (χ1v) is 6.09. The van der Waals surface area contributed by atoms with Crippen molar-refractivity contribution in [2.24, 2.45) is 5.84 Å². The van der Waals surface area contributed by atoms with Crippen LogP contribution in [-0.4, -0.2) is 59.1 Å². The number of morpholine rings is 1. The van der Waals surface area contributed by atoms with E-state index in [1.807, 2.05) is 11.8 Å². The Balaban J connectivity index is 2.28. The number of hydrogen-bond donors (Lipinski definition) is 3. The first kappa shape index (κ1) is 13.7. The second-order valence-electron chi connectivity index (χ2n) is 3.92. The minimum atomic E-state index is -0.184. The highest BCUT2D eigenvalue weighted by Gasteiger charge is 2.25. The van der Waals surface area contributed by atoms with Crippen molar-refractivity contribution >= 4 is 11.9 Å². The van der Waals surface area contributed by atoms with Crippen molar-refractivity contribution in [3.63, 3.8) is 0 Å². The van der Waals surface area contributed by atoms with Crippen LogP contribution >= 0.6 is 0 Å². The van der Waals surface area contributed by atoms with E-state index in [9.17, 15) is 5.11 Å². The van der Waals surface area contributed by atoms with Crippen LogP contribution in [0.2, 0.25) is 0 Å². The van der Waals surface area contributed by atoms with Gasteiger partial charge in [0.25, 0.3) is 0 Å². The predicted molar refractivity (Wildman–Crippen MR) is 67.8 cm³/mol. The Morgan fingerprint density at radius 1 is 1.53 bits per heavy atom. The highest BCUT2D eigenvalue weighted by atomic mass is 16.5. The van der Waals surface area contributed by atoms with Crippen molar-refractivity contribution in [2.45, 2.75) is 13.0 Å². The van der Waals surface area contributed by atoms with Gasteiger partial charge in [-0.05, 0) is 6.92 Å². The Kier molecular flexibility index (Phi) is 4.66. The number of nitrogens with one attached hydrogen (secondary N) is 1. The first-order valence-electron chi connectivity index (χ1n) is 6.09. The lowest BCUT2D eigenvalue weighted by atomic mass is 10.2. The third kappa shape index (κ3) is 3.19. The molecule has 106 valence electrons. The number of rotatable bonds is 5. The maximum Gasteiger partial charge on any atom is 0.323 e. The first-order chi connectivity index (χ1) is 9.28. The van der Waals surface area contributed by atoms with Gasteiger partial charge in [0.2, 0.25) is 11.9 Å². The molecule has 0 radical (unpaired) electrons. The smallest absolute Gasteiger partial charge is 0.323 e. The molecule has 0 bridgehead atoms. The zero-order valence-electron chi connectivity index (χ0n) is 10.7. The number of nitrogens with zero attached hydrogens (tertiary/aromatic N) is 4. The van der Waals surface area contributed by atoms with Crippen molar-refractivity contribution < 1.29 is 14.6 Å². The van der Waals surface area contributed by atoms with Crippen molar-refractivity contribution in [1.82, 2.24) is 15.0 Å². The lowest BCUT2D eigenvalue weighted by Gasteiger charge is -2.34. The molecule has 1 aliphatic heterocycles. The van der Waals surface area contributed by atoms with Crippen LogP contribution in [0.4, 0.5) is 11.9 Å². The highest BCUT2D eigenvalue weighted by Crippen LogP contribution is 2.18. The SMILES string of the molecule is CCOc1nc(NN)nc(N2CCOCC2CO)n1. The van der Waals surface area contributed by atoms with Crippen molar-refractivity contribution in [2.75, 3.05) is 43.3 Å². The number of aliphatic hydroxyl groups is 1. The molecule has 2 rings (SSSR count). The molecule has 0 saturated carbocycles. The molecule has 1 atom stereocenters. The zero-order valence-corrected chi connectivity index (χ0v) is 10.7. The molecule has 19 heavy (non-hydrogen) atoms. The van der Waals surface area contributed by atoms with Gasteiger partial charge in [0.15, 0.2) is 0 Å². The summed E-state index contributed by atoms with van der Waals surface area (Å²) >= 11 is 0. The maximum absolute atomic E-state index is 9.36. The van der Waals surface area contributed by atoms with Gasteiger partial charge in [0, 0.05) is 6.54 Å². The number of nitrogen functional groups attached to an aromatic ring is 1. The molecule has 1 unspecified atom stereocenters. The summed E-state index contributed by atoms with van der Waals surface area (Å²) in [5.74, 6) is 5.96. The third-order valence-corrected chi connectivity index (χ3v) is 2.70. The van der Waals surface area contributed by atoms with E-state index in [0.717, 1.165) is 0 Å². The third-order valence-electron chi connectivity index (χ3n) is 2.70. The van der Waals surface area contributed by atoms with Gasteiger partial charge in [-0.2, -0.15) is 15.0 Å². The van der Waals surface area contributed by atoms with Gasteiger partial charge in [-0.1, -0.05) is 0 Å². The van der Waals surface area contributed by atoms with Gasteiger partial charge >= 0.3 is 6.01 Å². The average molecular weight is 270 g/mol. The summed E-state index contributed by atoms with van der Waals surface area (Å²) in [7, 11) is 0. The number of aliphatic hydroxyl groups excluding tert-OH is 1. The van der Waals surface area contributed by atoms with Crippen LogP contribution in [0.5, 0.6) is 6.01 Å². The van der Waals surface area contributed by atoms with Crippen LogP contribution in [0.3, 0.4) is 0 Å². The van der Waals surface area contributed by atoms with Crippen LogP contribution in [0.1, 0.15) is 6.92 Å². The van der Waals surface area contributed by atoms with E-state index in [2.05, 4.69) is 20.4 Å². The van der Waals surface area contributed by atoms with E-state index in [1.165, 1.54) is 0 Å². The molecular formula is C10H18N6O3. The number of hydrogen-bond acceptors (Lipinski definition) is 9. The molecule has 1 aromatic heterocycles. The number of hydrazine groups is 1. The average Bonchev–Trinajstić information content (AvgIpc) is 2.47. The summed E-state index contributed by atoms with van der Waals surface area (Å²) in [4.78, 5) is 14.2. The molecule has 1 aliphatic rings. The standard InChI is InChI=1S/C10H18N6O3/c1-2-19-10-13-8(15-11)12-9(14-10)16-3-4-18-6-7(16)5-17/h7,17H,2-6,11H2,1H3,(H,12,13,14,15). The summed E-state index contributed by atoms with van der Waals surface area (Å²) < 4.78 is 10.6. The Bertz CT molecular complexity index is 418. The van der Waals surface area contributed by atoms with Crippen LogP contribution in [0, 0.1) is 0 Å². The molecule has 4 N–H and O–H groups in total. The van der Waals surface area contributed by atoms with Crippen LogP contribution in [0.15, 0.2) is 0 Å². The van der Waals surface area contributed by atoms with Gasteiger partial charge in [0.05, 0.1) is 32.5 Å². The molecule has 0 amide bonds. The van der Waals surface area contributed by atoms with E-state index in [-0.39, 0.29) is 24.6 Å². The largest absolute Gasteiger partial charge is 0.464 e. The second kappa shape index (κ2) is 6.45. The van der Waals surface area contributed by atoms with Crippen molar-refractivity contribution in [3.05, 3.63) is 0 Å². The number of anilines is 2. The molecule has 0 aromatic carbocycles. The van der Waals surface area contributed by atoms with Gasteiger partial charge in [-0.25, -0.2) is 5.84 Å². The van der Waals surface area contributed by atoms with Crippen LogP contribution < -0.4 is 20.9 Å². The minimum absolute atomic E-state index is 0.0406. The Morgan fingerprint density at radius 2 is 2.37 bits per heavy atom. The summed E-state index contributed by atoms with van der Waals surface area (Å²) in [6.07, 6.45) is 0. The zero-order chi connectivity index (χ0) is 13.7. The molecule has 0 spiro atoms. The quantitative estimate of drug-likeness (QED) is 0.445. The molecule has 2 heterocycles. The molecule has 1 saturated heterocycles. The summed E-state index contributed by atoms with van der Waals surface area (Å²) in [6.45, 7) is 3.81. The predicted octanol–water partition coefficient (Wildman–Crippen LogP) is -1.25. The number of ether oxygens (including phenoxy) is 2. The number of nitrogens with two attached hydrogens (primary N) is 1. The Hall–Kier alpha value is -1.71. The highest BCUT2D eigenvalue weighted by molar-refractivity contribution is 5.39. The molecule has 0 aliphatic carbocycles. The second-order valence-corrected chi connectivity index (χ2v) is 3.92. The molecule has 9 nitrogen and oxygen atoms in total. The van der Waals surface area contributed by atoms with Crippen molar-refractivity contribution in [3.8, 4) is 6.01 Å². The lowest BCUT2D eigenvalue weighted by molar-refractivity contribution is 0.0717. The summed E-state index contributed by atoms with van der Waals surface area (Å²) in [6, 6.07) is 0.0138. The fourth-order valence-corrected chi connectivity index (χ4v) is 1.80. The molecular weight excluding hydrogens is 252 g/mol. The monoisotopic (exact) mass is 270 g/mol.